The summed E-state index contributed by atoms with van der Waals surface area (Å²) >= 11 is 0. The lowest BCUT2D eigenvalue weighted by Gasteiger charge is -2.25. The summed E-state index contributed by atoms with van der Waals surface area (Å²) in [6, 6.07) is 11.9. The number of carbonyl (C=O) groups excluding carboxylic acids is 1. The molecule has 1 N–H and O–H groups in total. The number of halogens is 3. The van der Waals surface area contributed by atoms with Gasteiger partial charge >= 0.3 is 6.18 Å². The van der Waals surface area contributed by atoms with Crippen LogP contribution in [-0.4, -0.2) is 34.4 Å². The first-order valence-electron chi connectivity index (χ1n) is 8.89. The summed E-state index contributed by atoms with van der Waals surface area (Å²) < 4.78 is 43.8. The standard InChI is InChI=1S/C20H18F3N3O2/c1-28-14-5-2-4-12(10-14)17-6-3-9-26(17)18(27)13-7-8-15-16(11-13)25-19(24-15)20(21,22)23/h2,4-5,7-8,10-11,17H,3,6,9H2,1H3,(H,24,25)/t17-/m1/s1. The zero-order valence-corrected chi connectivity index (χ0v) is 15.1. The first-order valence-corrected chi connectivity index (χ1v) is 8.89. The lowest BCUT2D eigenvalue weighted by molar-refractivity contribution is -0.144. The number of rotatable bonds is 3. The third-order valence-corrected chi connectivity index (χ3v) is 4.99. The molecule has 1 fully saturated rings. The Bertz CT molecular complexity index is 1030. The Balaban J connectivity index is 1.64. The van der Waals surface area contributed by atoms with Crippen molar-refractivity contribution >= 4 is 16.9 Å². The lowest BCUT2D eigenvalue weighted by atomic mass is 10.0. The molecular formula is C20H18F3N3O2. The van der Waals surface area contributed by atoms with Crippen LogP contribution in [0.15, 0.2) is 42.5 Å². The van der Waals surface area contributed by atoms with Crippen LogP contribution in [-0.2, 0) is 6.18 Å². The lowest BCUT2D eigenvalue weighted by Crippen LogP contribution is -2.30. The smallest absolute Gasteiger partial charge is 0.449 e. The Morgan fingerprint density at radius 2 is 2.07 bits per heavy atom. The second kappa shape index (κ2) is 6.85. The van der Waals surface area contributed by atoms with Gasteiger partial charge in [-0.25, -0.2) is 4.98 Å². The molecule has 3 aromatic rings. The maximum absolute atomic E-state index is 13.1. The predicted octanol–water partition coefficient (Wildman–Crippen LogP) is 4.57. The number of imidazole rings is 1. The van der Waals surface area contributed by atoms with E-state index in [2.05, 4.69) is 9.97 Å². The van der Waals surface area contributed by atoms with Crippen molar-refractivity contribution in [2.24, 2.45) is 0 Å². The van der Waals surface area contributed by atoms with E-state index in [9.17, 15) is 18.0 Å². The molecule has 0 spiro atoms. The molecule has 0 bridgehead atoms. The minimum absolute atomic E-state index is 0.0919. The molecule has 28 heavy (non-hydrogen) atoms. The Kier molecular flexibility index (Phi) is 4.49. The average Bonchev–Trinajstić information content (AvgIpc) is 3.33. The van der Waals surface area contributed by atoms with Crippen LogP contribution in [0.25, 0.3) is 11.0 Å². The largest absolute Gasteiger partial charge is 0.497 e. The van der Waals surface area contributed by atoms with E-state index in [4.69, 9.17) is 4.74 Å². The van der Waals surface area contributed by atoms with Crippen molar-refractivity contribution < 1.29 is 22.7 Å². The molecular weight excluding hydrogens is 371 g/mol. The molecule has 1 aromatic heterocycles. The SMILES string of the molecule is COc1cccc([C@H]2CCCN2C(=O)c2ccc3nc(C(F)(F)F)[nH]c3c2)c1. The number of benzene rings is 2. The van der Waals surface area contributed by atoms with Gasteiger partial charge in [-0.1, -0.05) is 12.1 Å². The molecule has 1 amide bonds. The third kappa shape index (κ3) is 3.30. The number of H-pyrrole nitrogens is 1. The summed E-state index contributed by atoms with van der Waals surface area (Å²) in [7, 11) is 1.59. The number of fused-ring (bicyclic) bond motifs is 1. The summed E-state index contributed by atoms with van der Waals surface area (Å²) in [5, 5.41) is 0. The van der Waals surface area contributed by atoms with Crippen molar-refractivity contribution in [3.8, 4) is 5.75 Å². The van der Waals surface area contributed by atoms with Crippen LogP contribution in [0.5, 0.6) is 5.75 Å². The number of ether oxygens (including phenoxy) is 1. The molecule has 1 aliphatic heterocycles. The van der Waals surface area contributed by atoms with E-state index < -0.39 is 12.0 Å². The summed E-state index contributed by atoms with van der Waals surface area (Å²) in [6.07, 6.45) is -2.88. The van der Waals surface area contributed by atoms with Crippen LogP contribution in [0.2, 0.25) is 0 Å². The van der Waals surface area contributed by atoms with Crippen molar-refractivity contribution in [2.75, 3.05) is 13.7 Å². The third-order valence-electron chi connectivity index (χ3n) is 4.99. The monoisotopic (exact) mass is 389 g/mol. The van der Waals surface area contributed by atoms with Gasteiger partial charge in [-0.2, -0.15) is 13.2 Å². The van der Waals surface area contributed by atoms with Gasteiger partial charge in [0.25, 0.3) is 5.91 Å². The van der Waals surface area contributed by atoms with Gasteiger partial charge in [-0.3, -0.25) is 4.79 Å². The number of carbonyl (C=O) groups is 1. The molecule has 1 aliphatic rings. The number of methoxy groups -OCH3 is 1. The number of nitrogens with zero attached hydrogens (tertiary/aromatic N) is 2. The molecule has 4 rings (SSSR count). The summed E-state index contributed by atoms with van der Waals surface area (Å²) in [4.78, 5) is 20.6. The van der Waals surface area contributed by atoms with Gasteiger partial charge in [0.15, 0.2) is 0 Å². The van der Waals surface area contributed by atoms with Gasteiger partial charge in [0.2, 0.25) is 5.82 Å². The second-order valence-electron chi connectivity index (χ2n) is 6.75. The van der Waals surface area contributed by atoms with E-state index in [-0.39, 0.29) is 23.0 Å². The minimum Gasteiger partial charge on any atom is -0.497 e. The van der Waals surface area contributed by atoms with Gasteiger partial charge < -0.3 is 14.6 Å². The van der Waals surface area contributed by atoms with Crippen LogP contribution >= 0.6 is 0 Å². The van der Waals surface area contributed by atoms with E-state index in [1.54, 1.807) is 12.0 Å². The highest BCUT2D eigenvalue weighted by Crippen LogP contribution is 2.35. The van der Waals surface area contributed by atoms with E-state index in [1.807, 2.05) is 24.3 Å². The Morgan fingerprint density at radius 3 is 2.82 bits per heavy atom. The Morgan fingerprint density at radius 1 is 1.25 bits per heavy atom. The van der Waals surface area contributed by atoms with Gasteiger partial charge in [-0.05, 0) is 48.7 Å². The highest BCUT2D eigenvalue weighted by Gasteiger charge is 2.35. The van der Waals surface area contributed by atoms with E-state index in [1.165, 1.54) is 18.2 Å². The van der Waals surface area contributed by atoms with Crippen LogP contribution in [0.4, 0.5) is 13.2 Å². The number of amides is 1. The van der Waals surface area contributed by atoms with E-state index in [0.29, 0.717) is 12.1 Å². The first-order chi connectivity index (χ1) is 13.4. The fraction of sp³-hybridized carbons (Fsp3) is 0.300. The highest BCUT2D eigenvalue weighted by atomic mass is 19.4. The van der Waals surface area contributed by atoms with Crippen molar-refractivity contribution in [3.63, 3.8) is 0 Å². The van der Waals surface area contributed by atoms with Gasteiger partial charge in [0, 0.05) is 12.1 Å². The van der Waals surface area contributed by atoms with Crippen LogP contribution < -0.4 is 4.74 Å². The molecule has 0 radical (unpaired) electrons. The minimum atomic E-state index is -4.56. The molecule has 2 aromatic carbocycles. The molecule has 146 valence electrons. The molecule has 5 nitrogen and oxygen atoms in total. The highest BCUT2D eigenvalue weighted by molar-refractivity contribution is 5.97. The maximum Gasteiger partial charge on any atom is 0.449 e. The van der Waals surface area contributed by atoms with Gasteiger partial charge in [0.1, 0.15) is 5.75 Å². The summed E-state index contributed by atoms with van der Waals surface area (Å²) in [5.74, 6) is -0.562. The molecule has 0 saturated carbocycles. The molecule has 8 heteroatoms. The van der Waals surface area contributed by atoms with E-state index >= 15 is 0 Å². The quantitative estimate of drug-likeness (QED) is 0.714. The normalized spacial score (nSPS) is 17.3. The van der Waals surface area contributed by atoms with Crippen LogP contribution in [0.1, 0.15) is 40.6 Å². The Hall–Kier alpha value is -3.03. The Labute approximate surface area is 159 Å². The predicted molar refractivity (Wildman–Crippen MR) is 97.1 cm³/mol. The number of aromatic amines is 1. The van der Waals surface area contributed by atoms with Gasteiger partial charge in [0.05, 0.1) is 24.2 Å². The maximum atomic E-state index is 13.1. The van der Waals surface area contributed by atoms with Crippen LogP contribution in [0.3, 0.4) is 0 Å². The summed E-state index contributed by atoms with van der Waals surface area (Å²) in [6.45, 7) is 0.593. The number of alkyl halides is 3. The second-order valence-corrected chi connectivity index (χ2v) is 6.75. The zero-order valence-electron chi connectivity index (χ0n) is 15.1. The molecule has 2 heterocycles. The van der Waals surface area contributed by atoms with Crippen molar-refractivity contribution in [1.82, 2.24) is 14.9 Å². The van der Waals surface area contributed by atoms with Crippen molar-refractivity contribution in [1.29, 1.82) is 0 Å². The number of nitrogens with one attached hydrogen (secondary N) is 1. The molecule has 0 unspecified atom stereocenters. The van der Waals surface area contributed by atoms with E-state index in [0.717, 1.165) is 24.2 Å². The fourth-order valence-corrected chi connectivity index (χ4v) is 3.65. The van der Waals surface area contributed by atoms with Crippen molar-refractivity contribution in [2.45, 2.75) is 25.1 Å². The first kappa shape index (κ1) is 18.3. The average molecular weight is 389 g/mol. The zero-order chi connectivity index (χ0) is 19.9. The number of aromatic nitrogens is 2. The molecule has 1 saturated heterocycles. The molecule has 0 aliphatic carbocycles. The molecule has 1 atom stereocenters. The van der Waals surface area contributed by atoms with Crippen molar-refractivity contribution in [3.05, 3.63) is 59.4 Å². The fourth-order valence-electron chi connectivity index (χ4n) is 3.65. The summed E-state index contributed by atoms with van der Waals surface area (Å²) in [5.41, 5.74) is 1.68. The van der Waals surface area contributed by atoms with Crippen LogP contribution in [0, 0.1) is 0 Å². The number of hydrogen-bond donors (Lipinski definition) is 1. The van der Waals surface area contributed by atoms with Gasteiger partial charge in [-0.15, -0.1) is 0 Å². The number of likely N-dealkylation sites (tertiary alicyclic amines) is 1. The topological polar surface area (TPSA) is 58.2 Å². The number of hydrogen-bond acceptors (Lipinski definition) is 3.